The number of halogens is 4. The van der Waals surface area contributed by atoms with Crippen molar-refractivity contribution in [3.05, 3.63) is 23.6 Å². The largest absolute Gasteiger partial charge is 0.574 e. The van der Waals surface area contributed by atoms with E-state index in [2.05, 4.69) is 14.5 Å². The van der Waals surface area contributed by atoms with Gasteiger partial charge < -0.3 is 9.47 Å². The molecule has 1 heterocycles. The van der Waals surface area contributed by atoms with E-state index in [4.69, 9.17) is 0 Å². The first-order valence-electron chi connectivity index (χ1n) is 4.42. The second-order valence-corrected chi connectivity index (χ2v) is 2.77. The van der Waals surface area contributed by atoms with E-state index in [1.807, 2.05) is 0 Å². The van der Waals surface area contributed by atoms with Crippen molar-refractivity contribution in [1.82, 2.24) is 4.98 Å². The first kappa shape index (κ1) is 13.2. The molecule has 4 nitrogen and oxygen atoms in total. The van der Waals surface area contributed by atoms with E-state index in [0.29, 0.717) is 12.3 Å². The third kappa shape index (κ3) is 3.89. The summed E-state index contributed by atoms with van der Waals surface area (Å²) in [5.74, 6) is -3.10. The average molecular weight is 253 g/mol. The summed E-state index contributed by atoms with van der Waals surface area (Å²) < 4.78 is 56.5. The number of hydrogen-bond donors (Lipinski definition) is 0. The Labute approximate surface area is 93.2 Å². The van der Waals surface area contributed by atoms with E-state index >= 15 is 0 Å². The molecule has 0 bridgehead atoms. The minimum atomic E-state index is -4.96. The molecular formula is C9H7F4NO3. The summed E-state index contributed by atoms with van der Waals surface area (Å²) in [5.41, 5.74) is -0.666. The smallest absolute Gasteiger partial charge is 0.462 e. The second kappa shape index (κ2) is 4.98. The normalized spacial score (nSPS) is 11.1. The molecule has 8 heteroatoms. The van der Waals surface area contributed by atoms with E-state index in [-0.39, 0.29) is 6.61 Å². The van der Waals surface area contributed by atoms with Gasteiger partial charge in [0.1, 0.15) is 5.56 Å². The second-order valence-electron chi connectivity index (χ2n) is 2.77. The molecule has 0 atom stereocenters. The number of alkyl halides is 3. The van der Waals surface area contributed by atoms with Gasteiger partial charge in [-0.1, -0.05) is 0 Å². The molecule has 0 saturated carbocycles. The van der Waals surface area contributed by atoms with E-state index in [0.717, 1.165) is 0 Å². The number of pyridine rings is 1. The van der Waals surface area contributed by atoms with Gasteiger partial charge in [0.25, 0.3) is 0 Å². The van der Waals surface area contributed by atoms with Crippen LogP contribution in [0.1, 0.15) is 17.3 Å². The van der Waals surface area contributed by atoms with Crippen molar-refractivity contribution < 1.29 is 31.8 Å². The van der Waals surface area contributed by atoms with Crippen molar-refractivity contribution in [2.45, 2.75) is 13.3 Å². The Hall–Kier alpha value is -1.86. The van der Waals surface area contributed by atoms with Crippen LogP contribution in [0.4, 0.5) is 17.6 Å². The van der Waals surface area contributed by atoms with Crippen LogP contribution in [-0.2, 0) is 4.74 Å². The van der Waals surface area contributed by atoms with Crippen LogP contribution in [0.25, 0.3) is 0 Å². The monoisotopic (exact) mass is 253 g/mol. The van der Waals surface area contributed by atoms with E-state index < -0.39 is 29.6 Å². The van der Waals surface area contributed by atoms with Gasteiger partial charge >= 0.3 is 12.3 Å². The molecule has 94 valence electrons. The highest BCUT2D eigenvalue weighted by atomic mass is 19.4. The molecule has 0 saturated heterocycles. The van der Waals surface area contributed by atoms with Gasteiger partial charge in [-0.15, -0.1) is 13.2 Å². The molecule has 0 aromatic carbocycles. The Kier molecular flexibility index (Phi) is 3.87. The van der Waals surface area contributed by atoms with E-state index in [1.54, 1.807) is 0 Å². The van der Waals surface area contributed by atoms with E-state index in [1.165, 1.54) is 6.92 Å². The van der Waals surface area contributed by atoms with Gasteiger partial charge in [-0.2, -0.15) is 0 Å². The Balaban J connectivity index is 2.98. The molecule has 0 unspecified atom stereocenters. The van der Waals surface area contributed by atoms with Gasteiger partial charge in [0.15, 0.2) is 5.82 Å². The Morgan fingerprint density at radius 1 is 1.47 bits per heavy atom. The molecule has 0 amide bonds. The topological polar surface area (TPSA) is 48.4 Å². The van der Waals surface area contributed by atoms with Crippen LogP contribution >= 0.6 is 0 Å². The fraction of sp³-hybridized carbons (Fsp3) is 0.333. The number of nitrogens with zero attached hydrogens (tertiary/aromatic N) is 1. The molecule has 0 fully saturated rings. The minimum absolute atomic E-state index is 0.0317. The maximum Gasteiger partial charge on any atom is 0.574 e. The zero-order valence-corrected chi connectivity index (χ0v) is 8.55. The van der Waals surface area contributed by atoms with Crippen LogP contribution in [0.15, 0.2) is 12.3 Å². The predicted octanol–water partition coefficient (Wildman–Crippen LogP) is 2.30. The number of ether oxygens (including phenoxy) is 2. The van der Waals surface area contributed by atoms with Gasteiger partial charge in [0.2, 0.25) is 5.88 Å². The summed E-state index contributed by atoms with van der Waals surface area (Å²) in [5, 5.41) is 0. The van der Waals surface area contributed by atoms with Crippen LogP contribution in [-0.4, -0.2) is 23.9 Å². The van der Waals surface area contributed by atoms with E-state index in [9.17, 15) is 22.4 Å². The first-order chi connectivity index (χ1) is 7.83. The maximum absolute atomic E-state index is 13.1. The highest BCUT2D eigenvalue weighted by Crippen LogP contribution is 2.22. The number of carbonyl (C=O) groups is 1. The van der Waals surface area contributed by atoms with Crippen LogP contribution < -0.4 is 4.74 Å². The highest BCUT2D eigenvalue weighted by molar-refractivity contribution is 5.89. The molecule has 0 aliphatic heterocycles. The molecule has 0 aliphatic carbocycles. The number of aromatic nitrogens is 1. The van der Waals surface area contributed by atoms with Gasteiger partial charge in [0, 0.05) is 6.07 Å². The summed E-state index contributed by atoms with van der Waals surface area (Å²) in [6.07, 6.45) is -4.51. The molecule has 0 N–H and O–H groups in total. The summed E-state index contributed by atoms with van der Waals surface area (Å²) in [6.45, 7) is 1.44. The van der Waals surface area contributed by atoms with Crippen molar-refractivity contribution in [3.63, 3.8) is 0 Å². The summed E-state index contributed by atoms with van der Waals surface area (Å²) in [4.78, 5) is 14.2. The van der Waals surface area contributed by atoms with Crippen molar-refractivity contribution in [2.24, 2.45) is 0 Å². The van der Waals surface area contributed by atoms with Gasteiger partial charge in [0.05, 0.1) is 12.8 Å². The molecule has 0 radical (unpaired) electrons. The Bertz CT molecular complexity index is 419. The van der Waals surface area contributed by atoms with Crippen LogP contribution in [0.2, 0.25) is 0 Å². The summed E-state index contributed by atoms with van der Waals surface area (Å²) >= 11 is 0. The van der Waals surface area contributed by atoms with Gasteiger partial charge in [-0.25, -0.2) is 14.2 Å². The molecule has 1 rings (SSSR count). The lowest BCUT2D eigenvalue weighted by molar-refractivity contribution is -0.276. The molecule has 1 aromatic rings. The molecular weight excluding hydrogens is 246 g/mol. The third-order valence-corrected chi connectivity index (χ3v) is 1.55. The number of hydrogen-bond acceptors (Lipinski definition) is 4. The van der Waals surface area contributed by atoms with Crippen molar-refractivity contribution >= 4 is 5.97 Å². The molecule has 0 aliphatic rings. The standard InChI is InChI=1S/C9H7F4NO3/c1-2-16-8(15)5-3-7(14-4-6(5)10)17-9(11,12)13/h3-4H,2H2,1H3. The molecule has 1 aromatic heterocycles. The van der Waals surface area contributed by atoms with Crippen LogP contribution in [0.3, 0.4) is 0 Å². The fourth-order valence-corrected chi connectivity index (χ4v) is 0.959. The van der Waals surface area contributed by atoms with Gasteiger partial charge in [-0.3, -0.25) is 0 Å². The lowest BCUT2D eigenvalue weighted by Gasteiger charge is -2.09. The van der Waals surface area contributed by atoms with Crippen LogP contribution in [0, 0.1) is 5.82 Å². The number of esters is 1. The van der Waals surface area contributed by atoms with Crippen LogP contribution in [0.5, 0.6) is 5.88 Å². The third-order valence-electron chi connectivity index (χ3n) is 1.55. The van der Waals surface area contributed by atoms with Crippen molar-refractivity contribution in [2.75, 3.05) is 6.61 Å². The minimum Gasteiger partial charge on any atom is -0.462 e. The van der Waals surface area contributed by atoms with Gasteiger partial charge in [-0.05, 0) is 6.92 Å². The Morgan fingerprint density at radius 2 is 2.12 bits per heavy atom. The first-order valence-corrected chi connectivity index (χ1v) is 4.42. The molecule has 0 spiro atoms. The SMILES string of the molecule is CCOC(=O)c1cc(OC(F)(F)F)ncc1F. The maximum atomic E-state index is 13.1. The lowest BCUT2D eigenvalue weighted by atomic mass is 10.2. The number of rotatable bonds is 3. The summed E-state index contributed by atoms with van der Waals surface area (Å²) in [6, 6.07) is 0.529. The highest BCUT2D eigenvalue weighted by Gasteiger charge is 2.32. The summed E-state index contributed by atoms with van der Waals surface area (Å²) in [7, 11) is 0. The van der Waals surface area contributed by atoms with Crippen molar-refractivity contribution in [3.8, 4) is 5.88 Å². The zero-order valence-electron chi connectivity index (χ0n) is 8.55. The fourth-order valence-electron chi connectivity index (χ4n) is 0.959. The predicted molar refractivity (Wildman–Crippen MR) is 46.8 cm³/mol. The number of carbonyl (C=O) groups excluding carboxylic acids is 1. The van der Waals surface area contributed by atoms with Crippen molar-refractivity contribution in [1.29, 1.82) is 0 Å². The lowest BCUT2D eigenvalue weighted by Crippen LogP contribution is -2.18. The Morgan fingerprint density at radius 3 is 2.65 bits per heavy atom. The average Bonchev–Trinajstić information content (AvgIpc) is 2.19. The zero-order chi connectivity index (χ0) is 13.1. The quantitative estimate of drug-likeness (QED) is 0.612. The molecule has 17 heavy (non-hydrogen) atoms.